The van der Waals surface area contributed by atoms with Gasteiger partial charge in [0, 0.05) is 16.3 Å². The molecule has 3 aromatic heterocycles. The van der Waals surface area contributed by atoms with Crippen LogP contribution in [0.4, 0.5) is 11.5 Å². The maximum atomic E-state index is 7.39. The summed E-state index contributed by atoms with van der Waals surface area (Å²) in [6.07, 6.45) is 0. The van der Waals surface area contributed by atoms with E-state index in [-0.39, 0.29) is 28.6 Å². The summed E-state index contributed by atoms with van der Waals surface area (Å²) in [6.45, 7) is 27.7. The molecule has 0 bridgehead atoms. The summed E-state index contributed by atoms with van der Waals surface area (Å²) < 4.78 is 15.8. The van der Waals surface area contributed by atoms with E-state index < -0.39 is 0 Å². The SMILES string of the molecule is CC(C)(C)c1cc(-c2cc(C(C)(C)C)cc(-c3ccccc3)c2-n2[c](=[Pt])n(-c3ccc(-c4ccccc4C(C)(C)C)c(Oc4cccc(N5B(c6ccccc6)n6c7ccccc7c7cccc5c76)n4)c3)c3ccccc32)cc(C(C)(C)C)c1. The molecule has 0 amide bonds. The van der Waals surface area contributed by atoms with Crippen molar-refractivity contribution >= 4 is 56.8 Å². The molecule has 0 N–H and O–H groups in total. The first-order chi connectivity index (χ1) is 40.1. The van der Waals surface area contributed by atoms with Crippen molar-refractivity contribution in [1.82, 2.24) is 18.6 Å². The Morgan fingerprint density at radius 3 is 1.65 bits per heavy atom. The molecule has 9 aromatic carbocycles. The topological polar surface area (TPSA) is 40.1 Å². The zero-order valence-electron chi connectivity index (χ0n) is 50.3. The number of anilines is 2. The van der Waals surface area contributed by atoms with E-state index in [0.29, 0.717) is 11.6 Å². The maximum absolute atomic E-state index is 7.39. The predicted octanol–water partition coefficient (Wildman–Crippen LogP) is 19.4. The Morgan fingerprint density at radius 1 is 0.429 bits per heavy atom. The van der Waals surface area contributed by atoms with Crippen LogP contribution in [0.2, 0.25) is 0 Å². The Morgan fingerprint density at radius 2 is 0.988 bits per heavy atom. The fourth-order valence-electron chi connectivity index (χ4n) is 12.5. The van der Waals surface area contributed by atoms with Gasteiger partial charge < -0.3 is 0 Å². The van der Waals surface area contributed by atoms with Gasteiger partial charge in [0.15, 0.2) is 0 Å². The first-order valence-corrected chi connectivity index (χ1v) is 30.6. The van der Waals surface area contributed by atoms with Gasteiger partial charge >= 0.3 is 427 Å². The Bertz CT molecular complexity index is 4570. The third kappa shape index (κ3) is 9.59. The van der Waals surface area contributed by atoms with E-state index in [9.17, 15) is 0 Å². The minimum atomic E-state index is -0.183. The van der Waals surface area contributed by atoms with Crippen molar-refractivity contribution in [3.05, 3.63) is 244 Å². The molecule has 0 atom stereocenters. The number of nitrogens with zero attached hydrogens (tertiary/aromatic N) is 5. The summed E-state index contributed by atoms with van der Waals surface area (Å²) in [5.74, 6) is 2.01. The number of para-hydroxylation sites is 4. The number of fused-ring (bicyclic) bond motifs is 4. The van der Waals surface area contributed by atoms with Gasteiger partial charge in [0.05, 0.1) is 0 Å². The summed E-state index contributed by atoms with van der Waals surface area (Å²) in [7, 11) is 0. The van der Waals surface area contributed by atoms with Crippen molar-refractivity contribution in [1.29, 1.82) is 0 Å². The third-order valence-electron chi connectivity index (χ3n) is 16.9. The van der Waals surface area contributed by atoms with Gasteiger partial charge in [-0.05, 0) is 6.07 Å². The van der Waals surface area contributed by atoms with Crippen molar-refractivity contribution in [2.45, 2.75) is 105 Å². The summed E-state index contributed by atoms with van der Waals surface area (Å²) in [4.78, 5) is 7.88. The van der Waals surface area contributed by atoms with Crippen LogP contribution in [0.25, 0.3) is 77.6 Å². The van der Waals surface area contributed by atoms with E-state index in [4.69, 9.17) is 9.72 Å². The first kappa shape index (κ1) is 55.0. The molecule has 4 heterocycles. The van der Waals surface area contributed by atoms with E-state index in [1.807, 2.05) is 6.07 Å². The molecule has 0 aliphatic carbocycles. The standard InChI is InChI=1S/C76H72BN5O.Pt/c1-73(2,3)52-43-51(44-53(45-52)74(4,5)6)62-47-54(75(7,8)9)46-61(50-27-15-13-16-28-50)71(62)80-49-79(65-36-23-24-37-66(65)80)56-41-42-59(57-31-19-21-34-63(57)76(10,11)12)68(48-56)83-70-40-26-39-69(78-70)81-67-38-25-33-60-58-32-20-22-35-64(58)82(72(60)67)77(81)55-29-17-14-18-30-55;/h13-48H,1-12H3;. The number of ether oxygens (including phenoxy) is 1. The molecule has 13 rings (SSSR count). The summed E-state index contributed by atoms with van der Waals surface area (Å²) in [5.41, 5.74) is 20.5. The molecule has 84 heavy (non-hydrogen) atoms. The second-order valence-corrected chi connectivity index (χ2v) is 27.9. The Hall–Kier alpha value is -8.25. The predicted molar refractivity (Wildman–Crippen MR) is 350 cm³/mol. The van der Waals surface area contributed by atoms with Crippen LogP contribution in [0.3, 0.4) is 0 Å². The van der Waals surface area contributed by atoms with E-state index in [0.717, 1.165) is 54.4 Å². The van der Waals surface area contributed by atoms with Crippen LogP contribution in [-0.2, 0) is 41.0 Å². The molecule has 0 fully saturated rings. The number of rotatable bonds is 9. The number of hydrogen-bond acceptors (Lipinski definition) is 3. The third-order valence-corrected chi connectivity index (χ3v) is 18.0. The van der Waals surface area contributed by atoms with E-state index >= 15 is 0 Å². The van der Waals surface area contributed by atoms with Crippen LogP contribution in [0.15, 0.2) is 218 Å². The zero-order chi connectivity index (χ0) is 58.6. The molecule has 12 aromatic rings. The normalized spacial score (nSPS) is 13.0. The van der Waals surface area contributed by atoms with Gasteiger partial charge in [0.2, 0.25) is 0 Å². The first-order valence-electron chi connectivity index (χ1n) is 29.5. The molecule has 1 aliphatic heterocycles. The van der Waals surface area contributed by atoms with Crippen molar-refractivity contribution in [2.24, 2.45) is 0 Å². The molecule has 420 valence electrons. The molecular formula is C76H72BN5OPt. The van der Waals surface area contributed by atoms with E-state index in [1.165, 1.54) is 66.2 Å². The fourth-order valence-corrected chi connectivity index (χ4v) is 13.6. The van der Waals surface area contributed by atoms with Crippen LogP contribution in [0.1, 0.15) is 105 Å². The summed E-state index contributed by atoms with van der Waals surface area (Å²) >= 11 is 2.59. The van der Waals surface area contributed by atoms with Gasteiger partial charge in [0.25, 0.3) is 0 Å². The fraction of sp³-hybridized carbons (Fsp3) is 0.211. The molecule has 0 saturated carbocycles. The van der Waals surface area contributed by atoms with Crippen LogP contribution >= 0.6 is 0 Å². The molecule has 6 nitrogen and oxygen atoms in total. The van der Waals surface area contributed by atoms with Gasteiger partial charge in [-0.2, -0.15) is 0 Å². The Kier molecular flexibility index (Phi) is 13.4. The number of benzene rings is 9. The molecule has 1 aliphatic rings. The zero-order valence-corrected chi connectivity index (χ0v) is 52.6. The summed E-state index contributed by atoms with van der Waals surface area (Å²) in [5, 5.41) is 2.47. The average Bonchev–Trinajstić information content (AvgIpc) is 1.97. The number of hydrogen-bond donors (Lipinski definition) is 0. The van der Waals surface area contributed by atoms with Gasteiger partial charge in [-0.25, -0.2) is 0 Å². The number of aromatic nitrogens is 4. The number of pyridine rings is 1. The van der Waals surface area contributed by atoms with Gasteiger partial charge in [0.1, 0.15) is 0 Å². The van der Waals surface area contributed by atoms with Gasteiger partial charge in [-0.1, -0.05) is 60.7 Å². The molecule has 0 unspecified atom stereocenters. The molecule has 0 spiro atoms. The van der Waals surface area contributed by atoms with Crippen LogP contribution < -0.4 is 15.0 Å². The molecule has 0 radical (unpaired) electrons. The van der Waals surface area contributed by atoms with Crippen molar-refractivity contribution in [3.8, 4) is 56.4 Å². The Labute approximate surface area is 506 Å². The molecule has 8 heteroatoms. The summed E-state index contributed by atoms with van der Waals surface area (Å²) in [6, 6.07) is 80.0. The van der Waals surface area contributed by atoms with Gasteiger partial charge in [-0.3, -0.25) is 0 Å². The van der Waals surface area contributed by atoms with Crippen LogP contribution in [-0.4, -0.2) is 25.6 Å². The van der Waals surface area contributed by atoms with E-state index in [2.05, 4.69) is 333 Å². The second-order valence-electron chi connectivity index (χ2n) is 26.9. The van der Waals surface area contributed by atoms with Crippen molar-refractivity contribution in [2.75, 3.05) is 4.81 Å². The quantitative estimate of drug-likeness (QED) is 0.135. The minimum absolute atomic E-state index is 0.0800. The van der Waals surface area contributed by atoms with Crippen molar-refractivity contribution < 1.29 is 24.1 Å². The van der Waals surface area contributed by atoms with Crippen LogP contribution in [0, 0.1) is 3.80 Å². The van der Waals surface area contributed by atoms with E-state index in [1.54, 1.807) is 0 Å². The second kappa shape index (κ2) is 20.5. The van der Waals surface area contributed by atoms with Crippen LogP contribution in [0.5, 0.6) is 11.6 Å². The monoisotopic (exact) mass is 1280 g/mol. The molecular weight excluding hydrogens is 1200 g/mol. The Balaban J connectivity index is 1.03. The average molecular weight is 1280 g/mol. The number of imidazole rings is 1. The molecule has 0 saturated heterocycles. The van der Waals surface area contributed by atoms with Gasteiger partial charge in [-0.15, -0.1) is 0 Å². The van der Waals surface area contributed by atoms with Crippen molar-refractivity contribution in [3.63, 3.8) is 0 Å².